The number of nitrogens with zero attached hydrogens (tertiary/aromatic N) is 4. The topological polar surface area (TPSA) is 68.5 Å². The molecule has 0 bridgehead atoms. The number of nitrogens with one attached hydrogen (secondary N) is 1. The van der Waals surface area contributed by atoms with Crippen molar-refractivity contribution < 1.29 is 13.2 Å². The van der Waals surface area contributed by atoms with Gasteiger partial charge in [-0.05, 0) is 30.2 Å². The second kappa shape index (κ2) is 6.07. The van der Waals surface area contributed by atoms with Crippen LogP contribution in [0.1, 0.15) is 11.1 Å². The van der Waals surface area contributed by atoms with E-state index in [0.29, 0.717) is 24.5 Å². The van der Waals surface area contributed by atoms with Crippen LogP contribution in [0.25, 0.3) is 39.1 Å². The quantitative estimate of drug-likeness (QED) is 0.439. The van der Waals surface area contributed by atoms with Crippen molar-refractivity contribution in [3.05, 3.63) is 76.2 Å². The van der Waals surface area contributed by atoms with Crippen LogP contribution in [0.5, 0.6) is 0 Å². The van der Waals surface area contributed by atoms with E-state index in [0.717, 1.165) is 27.2 Å². The highest BCUT2D eigenvalue weighted by Crippen LogP contribution is 2.36. The average molecular weight is 421 g/mol. The summed E-state index contributed by atoms with van der Waals surface area (Å²) in [5.41, 5.74) is 1.44. The van der Waals surface area contributed by atoms with E-state index >= 15 is 0 Å². The molecular weight excluding hydrogens is 407 g/mol. The van der Waals surface area contributed by atoms with E-state index in [1.54, 1.807) is 4.57 Å². The average Bonchev–Trinajstić information content (AvgIpc) is 3.35. The number of para-hydroxylation sites is 2. The summed E-state index contributed by atoms with van der Waals surface area (Å²) in [6.07, 6.45) is -2.63. The van der Waals surface area contributed by atoms with Crippen molar-refractivity contribution in [1.29, 1.82) is 0 Å². The molecule has 0 amide bonds. The first-order chi connectivity index (χ1) is 14.9. The van der Waals surface area contributed by atoms with E-state index in [2.05, 4.69) is 15.1 Å². The largest absolute Gasteiger partial charge is 0.418 e. The minimum absolute atomic E-state index is 0.0967. The number of aryl methyl sites for hydroxylation is 1. The van der Waals surface area contributed by atoms with Gasteiger partial charge < -0.3 is 4.98 Å². The summed E-state index contributed by atoms with van der Waals surface area (Å²) in [5, 5.41) is 5.33. The zero-order chi connectivity index (χ0) is 21.3. The molecule has 0 radical (unpaired) electrons. The predicted octanol–water partition coefficient (Wildman–Crippen LogP) is 4.31. The van der Waals surface area contributed by atoms with Gasteiger partial charge in [-0.15, -0.1) is 0 Å². The van der Waals surface area contributed by atoms with Crippen LogP contribution in [-0.2, 0) is 19.1 Å². The zero-order valence-electron chi connectivity index (χ0n) is 15.9. The van der Waals surface area contributed by atoms with Crippen LogP contribution >= 0.6 is 0 Å². The summed E-state index contributed by atoms with van der Waals surface area (Å²) >= 11 is 0. The molecule has 3 aromatic heterocycles. The second-order valence-electron chi connectivity index (χ2n) is 7.47. The Hall–Kier alpha value is -3.88. The van der Waals surface area contributed by atoms with Crippen molar-refractivity contribution in [3.8, 4) is 17.2 Å². The molecule has 0 spiro atoms. The zero-order valence-corrected chi connectivity index (χ0v) is 15.9. The Morgan fingerprint density at radius 1 is 1.00 bits per heavy atom. The fourth-order valence-corrected chi connectivity index (χ4v) is 4.35. The van der Waals surface area contributed by atoms with Crippen molar-refractivity contribution in [2.75, 3.05) is 0 Å². The Labute approximate surface area is 172 Å². The molecule has 0 unspecified atom stereocenters. The first-order valence-electron chi connectivity index (χ1n) is 9.68. The number of fused-ring (bicyclic) bond motifs is 6. The van der Waals surface area contributed by atoms with Gasteiger partial charge in [0, 0.05) is 17.4 Å². The Kier molecular flexibility index (Phi) is 3.51. The summed E-state index contributed by atoms with van der Waals surface area (Å²) in [4.78, 5) is 21.1. The standard InChI is InChI=1S/C22H14F3N5O/c23-22(24,25)15-6-2-4-8-17(15)30-19-14(11-26-30)21(31)29-10-9-13-12-5-1-3-7-16(12)27-18(13)20(29)28-19/h1-8,11,27H,9-10H2. The molecule has 1 aliphatic heterocycles. The van der Waals surface area contributed by atoms with Crippen molar-refractivity contribution in [2.45, 2.75) is 19.1 Å². The molecule has 0 aliphatic carbocycles. The third-order valence-corrected chi connectivity index (χ3v) is 5.75. The highest BCUT2D eigenvalue weighted by atomic mass is 19.4. The van der Waals surface area contributed by atoms with Gasteiger partial charge in [-0.3, -0.25) is 9.36 Å². The smallest absolute Gasteiger partial charge is 0.352 e. The van der Waals surface area contributed by atoms with Gasteiger partial charge in [-0.2, -0.15) is 18.3 Å². The first-order valence-corrected chi connectivity index (χ1v) is 9.68. The molecule has 2 aromatic carbocycles. The van der Waals surface area contributed by atoms with E-state index in [1.165, 1.54) is 24.4 Å². The predicted molar refractivity (Wildman–Crippen MR) is 109 cm³/mol. The van der Waals surface area contributed by atoms with Crippen molar-refractivity contribution in [2.24, 2.45) is 0 Å². The molecule has 154 valence electrons. The highest BCUT2D eigenvalue weighted by molar-refractivity contribution is 5.91. The molecule has 9 heteroatoms. The van der Waals surface area contributed by atoms with Crippen LogP contribution in [0.15, 0.2) is 59.5 Å². The SMILES string of the molecule is O=c1c2cnn(-c3ccccc3C(F)(F)F)c2nc2n1CCc1c-2[nH]c2ccccc12. The molecule has 1 aliphatic rings. The Bertz CT molecular complexity index is 1560. The molecule has 6 rings (SSSR count). The molecule has 1 N–H and O–H groups in total. The highest BCUT2D eigenvalue weighted by Gasteiger charge is 2.35. The van der Waals surface area contributed by atoms with Crippen LogP contribution in [0.2, 0.25) is 0 Å². The number of benzene rings is 2. The lowest BCUT2D eigenvalue weighted by Gasteiger charge is -2.18. The molecule has 5 aromatic rings. The molecule has 4 heterocycles. The first kappa shape index (κ1) is 17.9. The number of hydrogen-bond acceptors (Lipinski definition) is 3. The fraction of sp³-hybridized carbons (Fsp3) is 0.136. The Morgan fingerprint density at radius 2 is 1.77 bits per heavy atom. The van der Waals surface area contributed by atoms with Crippen LogP contribution < -0.4 is 5.56 Å². The van der Waals surface area contributed by atoms with Crippen molar-refractivity contribution in [3.63, 3.8) is 0 Å². The maximum atomic E-state index is 13.6. The summed E-state index contributed by atoms with van der Waals surface area (Å²) in [6, 6.07) is 12.9. The minimum atomic E-state index is -4.57. The summed E-state index contributed by atoms with van der Waals surface area (Å²) in [6.45, 7) is 0.441. The molecule has 6 nitrogen and oxygen atoms in total. The molecular formula is C22H14F3N5O. The Morgan fingerprint density at radius 3 is 2.61 bits per heavy atom. The monoisotopic (exact) mass is 421 g/mol. The molecule has 0 atom stereocenters. The summed E-state index contributed by atoms with van der Waals surface area (Å²) in [7, 11) is 0. The molecule has 31 heavy (non-hydrogen) atoms. The molecule has 0 saturated carbocycles. The maximum Gasteiger partial charge on any atom is 0.418 e. The number of aromatic amines is 1. The summed E-state index contributed by atoms with van der Waals surface area (Å²) < 4.78 is 43.4. The van der Waals surface area contributed by atoms with Gasteiger partial charge in [0.05, 0.1) is 23.1 Å². The summed E-state index contributed by atoms with van der Waals surface area (Å²) in [5.74, 6) is 0.404. The van der Waals surface area contributed by atoms with Crippen LogP contribution in [0.3, 0.4) is 0 Å². The lowest BCUT2D eigenvalue weighted by atomic mass is 10.0. The van der Waals surface area contributed by atoms with Gasteiger partial charge in [0.25, 0.3) is 5.56 Å². The number of aromatic nitrogens is 5. The third kappa shape index (κ3) is 2.49. The number of hydrogen-bond donors (Lipinski definition) is 1. The Balaban J connectivity index is 1.66. The van der Waals surface area contributed by atoms with Gasteiger partial charge in [0.1, 0.15) is 5.39 Å². The van der Waals surface area contributed by atoms with Gasteiger partial charge in [0.2, 0.25) is 0 Å². The lowest BCUT2D eigenvalue weighted by molar-refractivity contribution is -0.137. The third-order valence-electron chi connectivity index (χ3n) is 5.75. The van der Waals surface area contributed by atoms with Crippen molar-refractivity contribution in [1.82, 2.24) is 24.3 Å². The van der Waals surface area contributed by atoms with Gasteiger partial charge in [-0.25, -0.2) is 9.67 Å². The number of halogens is 3. The van der Waals surface area contributed by atoms with E-state index in [9.17, 15) is 18.0 Å². The van der Waals surface area contributed by atoms with Crippen LogP contribution in [0.4, 0.5) is 13.2 Å². The molecule has 0 saturated heterocycles. The maximum absolute atomic E-state index is 13.6. The van der Waals surface area contributed by atoms with E-state index in [4.69, 9.17) is 0 Å². The van der Waals surface area contributed by atoms with E-state index < -0.39 is 11.7 Å². The number of H-pyrrole nitrogens is 1. The second-order valence-corrected chi connectivity index (χ2v) is 7.47. The number of rotatable bonds is 1. The van der Waals surface area contributed by atoms with Gasteiger partial charge >= 0.3 is 6.18 Å². The van der Waals surface area contributed by atoms with E-state index in [1.807, 2.05) is 24.3 Å². The fourth-order valence-electron chi connectivity index (χ4n) is 4.35. The molecule has 0 fully saturated rings. The van der Waals surface area contributed by atoms with Gasteiger partial charge in [0.15, 0.2) is 11.5 Å². The van der Waals surface area contributed by atoms with E-state index in [-0.39, 0.29) is 22.3 Å². The van der Waals surface area contributed by atoms with Gasteiger partial charge in [-0.1, -0.05) is 30.3 Å². The van der Waals surface area contributed by atoms with Crippen LogP contribution in [0, 0.1) is 0 Å². The number of alkyl halides is 3. The minimum Gasteiger partial charge on any atom is -0.352 e. The lowest BCUT2D eigenvalue weighted by Crippen LogP contribution is -2.27. The normalized spacial score (nSPS) is 13.5. The van der Waals surface area contributed by atoms with Crippen LogP contribution in [-0.4, -0.2) is 24.3 Å². The van der Waals surface area contributed by atoms with Crippen molar-refractivity contribution >= 4 is 21.9 Å².